The van der Waals surface area contributed by atoms with Crippen molar-refractivity contribution < 1.29 is 17.9 Å². The molecule has 146 valence electrons. The first kappa shape index (κ1) is 20.5. The lowest BCUT2D eigenvalue weighted by Crippen LogP contribution is -2.44. The van der Waals surface area contributed by atoms with E-state index >= 15 is 0 Å². The second-order valence-electron chi connectivity index (χ2n) is 6.42. The molecule has 0 atom stereocenters. The number of likely N-dealkylation sites (N-methyl/N-ethyl adjacent to an activating group) is 1. The summed E-state index contributed by atoms with van der Waals surface area (Å²) in [5.74, 6) is -0.365. The fraction of sp³-hybridized carbons (Fsp3) is 0.588. The van der Waals surface area contributed by atoms with Gasteiger partial charge in [-0.15, -0.1) is 0 Å². The minimum atomic E-state index is -3.57. The SMILES string of the molecule is COCCNC(=O)CN(c1ccc(N2CCN(C)CC2)cc1)S(C)(=O)=O. The number of benzene rings is 1. The number of nitrogens with one attached hydrogen (secondary N) is 1. The summed E-state index contributed by atoms with van der Waals surface area (Å²) in [7, 11) is 0.0702. The van der Waals surface area contributed by atoms with E-state index in [-0.39, 0.29) is 12.5 Å². The highest BCUT2D eigenvalue weighted by atomic mass is 32.2. The van der Waals surface area contributed by atoms with Crippen molar-refractivity contribution in [2.75, 3.05) is 75.5 Å². The lowest BCUT2D eigenvalue weighted by Gasteiger charge is -2.34. The fourth-order valence-electron chi connectivity index (χ4n) is 2.77. The number of carbonyl (C=O) groups excluding carboxylic acids is 1. The Kier molecular flexibility index (Phi) is 7.24. The normalized spacial score (nSPS) is 15.7. The molecule has 26 heavy (non-hydrogen) atoms. The van der Waals surface area contributed by atoms with E-state index in [0.717, 1.165) is 42.4 Å². The largest absolute Gasteiger partial charge is 0.383 e. The molecule has 1 aliphatic rings. The monoisotopic (exact) mass is 384 g/mol. The summed E-state index contributed by atoms with van der Waals surface area (Å²) in [6.07, 6.45) is 1.10. The van der Waals surface area contributed by atoms with E-state index in [9.17, 15) is 13.2 Å². The number of methoxy groups -OCH3 is 1. The van der Waals surface area contributed by atoms with E-state index in [1.165, 1.54) is 7.11 Å². The molecule has 9 heteroatoms. The molecule has 1 heterocycles. The zero-order valence-corrected chi connectivity index (χ0v) is 16.5. The van der Waals surface area contributed by atoms with Gasteiger partial charge in [0.15, 0.2) is 0 Å². The van der Waals surface area contributed by atoms with Crippen molar-refractivity contribution in [1.82, 2.24) is 10.2 Å². The number of piperazine rings is 1. The number of sulfonamides is 1. The third-order valence-electron chi connectivity index (χ3n) is 4.32. The summed E-state index contributed by atoms with van der Waals surface area (Å²) in [5.41, 5.74) is 1.53. The van der Waals surface area contributed by atoms with Gasteiger partial charge in [-0.3, -0.25) is 9.10 Å². The minimum Gasteiger partial charge on any atom is -0.383 e. The highest BCUT2D eigenvalue weighted by Gasteiger charge is 2.21. The van der Waals surface area contributed by atoms with Crippen LogP contribution in [0, 0.1) is 0 Å². The van der Waals surface area contributed by atoms with Gasteiger partial charge in [0.05, 0.1) is 18.6 Å². The molecule has 1 aromatic rings. The lowest BCUT2D eigenvalue weighted by atomic mass is 10.2. The van der Waals surface area contributed by atoms with Crippen LogP contribution in [0.5, 0.6) is 0 Å². The van der Waals surface area contributed by atoms with Gasteiger partial charge in [0, 0.05) is 45.5 Å². The number of hydrogen-bond donors (Lipinski definition) is 1. The quantitative estimate of drug-likeness (QED) is 0.634. The molecule has 0 spiro atoms. The van der Waals surface area contributed by atoms with Crippen LogP contribution in [0.1, 0.15) is 0 Å². The number of anilines is 2. The van der Waals surface area contributed by atoms with Gasteiger partial charge in [0.25, 0.3) is 0 Å². The topological polar surface area (TPSA) is 82.2 Å². The summed E-state index contributed by atoms with van der Waals surface area (Å²) in [4.78, 5) is 16.6. The molecule has 1 saturated heterocycles. The van der Waals surface area contributed by atoms with Crippen molar-refractivity contribution in [3.8, 4) is 0 Å². The number of rotatable bonds is 8. The molecular formula is C17H28N4O4S. The highest BCUT2D eigenvalue weighted by molar-refractivity contribution is 7.92. The molecule has 0 saturated carbocycles. The molecule has 0 aromatic heterocycles. The van der Waals surface area contributed by atoms with Crippen molar-refractivity contribution >= 4 is 27.3 Å². The van der Waals surface area contributed by atoms with Crippen LogP contribution in [-0.2, 0) is 19.6 Å². The average Bonchev–Trinajstić information content (AvgIpc) is 2.60. The van der Waals surface area contributed by atoms with Gasteiger partial charge in [-0.05, 0) is 31.3 Å². The second-order valence-corrected chi connectivity index (χ2v) is 8.33. The summed E-state index contributed by atoms with van der Waals surface area (Å²) < 4.78 is 30.2. The Hall–Kier alpha value is -1.84. The van der Waals surface area contributed by atoms with E-state index in [2.05, 4.69) is 22.2 Å². The summed E-state index contributed by atoms with van der Waals surface area (Å²) in [6.45, 7) is 4.34. The Labute approximate surface area is 155 Å². The molecular weight excluding hydrogens is 356 g/mol. The van der Waals surface area contributed by atoms with E-state index in [1.807, 2.05) is 12.1 Å². The molecule has 0 aliphatic carbocycles. The number of nitrogens with zero attached hydrogens (tertiary/aromatic N) is 3. The molecule has 0 bridgehead atoms. The van der Waals surface area contributed by atoms with E-state index in [1.54, 1.807) is 12.1 Å². The van der Waals surface area contributed by atoms with Crippen LogP contribution < -0.4 is 14.5 Å². The molecule has 0 radical (unpaired) electrons. The van der Waals surface area contributed by atoms with Gasteiger partial charge in [0.2, 0.25) is 15.9 Å². The third kappa shape index (κ3) is 5.86. The molecule has 1 fully saturated rings. The van der Waals surface area contributed by atoms with Crippen LogP contribution in [0.15, 0.2) is 24.3 Å². The average molecular weight is 385 g/mol. The third-order valence-corrected chi connectivity index (χ3v) is 5.46. The standard InChI is InChI=1S/C17H28N4O4S/c1-19-9-11-20(12-10-19)15-4-6-16(7-5-15)21(26(3,23)24)14-17(22)18-8-13-25-2/h4-7H,8-14H2,1-3H3,(H,18,22). The second kappa shape index (κ2) is 9.20. The number of amides is 1. The molecule has 1 amide bonds. The predicted octanol–water partition coefficient (Wildman–Crippen LogP) is -0.0330. The van der Waals surface area contributed by atoms with Crippen molar-refractivity contribution in [1.29, 1.82) is 0 Å². The van der Waals surface area contributed by atoms with Crippen LogP contribution in [0.4, 0.5) is 11.4 Å². The Morgan fingerprint density at radius 2 is 1.81 bits per heavy atom. The Balaban J connectivity index is 2.07. The zero-order chi connectivity index (χ0) is 19.2. The van der Waals surface area contributed by atoms with Crippen LogP contribution in [0.3, 0.4) is 0 Å². The summed E-state index contributed by atoms with van der Waals surface area (Å²) in [5, 5.41) is 2.64. The first-order chi connectivity index (χ1) is 12.3. The maximum absolute atomic E-state index is 12.1. The summed E-state index contributed by atoms with van der Waals surface area (Å²) in [6, 6.07) is 7.30. The first-order valence-corrected chi connectivity index (χ1v) is 10.4. The van der Waals surface area contributed by atoms with Crippen LogP contribution >= 0.6 is 0 Å². The van der Waals surface area contributed by atoms with Gasteiger partial charge >= 0.3 is 0 Å². The minimum absolute atomic E-state index is 0.254. The molecule has 0 unspecified atom stereocenters. The van der Waals surface area contributed by atoms with Crippen LogP contribution in [0.25, 0.3) is 0 Å². The van der Waals surface area contributed by atoms with Crippen molar-refractivity contribution in [3.05, 3.63) is 24.3 Å². The van der Waals surface area contributed by atoms with E-state index in [0.29, 0.717) is 18.8 Å². The first-order valence-electron chi connectivity index (χ1n) is 8.58. The van der Waals surface area contributed by atoms with Crippen molar-refractivity contribution in [2.45, 2.75) is 0 Å². The highest BCUT2D eigenvalue weighted by Crippen LogP contribution is 2.23. The predicted molar refractivity (Wildman–Crippen MR) is 103 cm³/mol. The lowest BCUT2D eigenvalue weighted by molar-refractivity contribution is -0.119. The van der Waals surface area contributed by atoms with Gasteiger partial charge in [-0.2, -0.15) is 0 Å². The van der Waals surface area contributed by atoms with Crippen LogP contribution in [-0.4, -0.2) is 85.5 Å². The van der Waals surface area contributed by atoms with Gasteiger partial charge in [-0.25, -0.2) is 8.42 Å². The molecule has 1 aromatic carbocycles. The molecule has 1 N–H and O–H groups in total. The maximum atomic E-state index is 12.1. The Morgan fingerprint density at radius 1 is 1.19 bits per heavy atom. The van der Waals surface area contributed by atoms with Crippen LogP contribution in [0.2, 0.25) is 0 Å². The molecule has 8 nitrogen and oxygen atoms in total. The molecule has 2 rings (SSSR count). The number of carbonyl (C=O) groups is 1. The van der Waals surface area contributed by atoms with Gasteiger partial charge in [0.1, 0.15) is 6.54 Å². The zero-order valence-electron chi connectivity index (χ0n) is 15.6. The maximum Gasteiger partial charge on any atom is 0.240 e. The van der Waals surface area contributed by atoms with Gasteiger partial charge in [-0.1, -0.05) is 0 Å². The van der Waals surface area contributed by atoms with E-state index in [4.69, 9.17) is 4.74 Å². The summed E-state index contributed by atoms with van der Waals surface area (Å²) >= 11 is 0. The number of hydrogen-bond acceptors (Lipinski definition) is 6. The van der Waals surface area contributed by atoms with Crippen molar-refractivity contribution in [3.63, 3.8) is 0 Å². The Morgan fingerprint density at radius 3 is 2.35 bits per heavy atom. The fourth-order valence-corrected chi connectivity index (χ4v) is 3.63. The van der Waals surface area contributed by atoms with Gasteiger partial charge < -0.3 is 19.9 Å². The van der Waals surface area contributed by atoms with E-state index < -0.39 is 10.0 Å². The smallest absolute Gasteiger partial charge is 0.240 e. The molecule has 1 aliphatic heterocycles. The number of ether oxygens (including phenoxy) is 1. The van der Waals surface area contributed by atoms with Crippen molar-refractivity contribution in [2.24, 2.45) is 0 Å². The Bertz CT molecular complexity index is 685.